The molecule has 3 aliphatic carbocycles. The van der Waals surface area contributed by atoms with Crippen LogP contribution in [-0.2, 0) is 37.7 Å². The van der Waals surface area contributed by atoms with Crippen LogP contribution in [0.5, 0.6) is 0 Å². The summed E-state index contributed by atoms with van der Waals surface area (Å²) >= 11 is 0. The second-order valence-corrected chi connectivity index (χ2v) is 19.1. The van der Waals surface area contributed by atoms with Gasteiger partial charge in [0, 0.05) is 37.2 Å². The minimum Gasteiger partial charge on any atom is -0.546 e. The zero-order valence-electron chi connectivity index (χ0n) is 26.4. The Morgan fingerprint density at radius 2 is 1.68 bits per heavy atom. The number of carbonyl (C=O) groups is 2. The Balaban J connectivity index is 1.90. The lowest BCUT2D eigenvalue weighted by atomic mass is 9.40. The molecule has 0 aromatic rings. The predicted octanol–water partition coefficient (Wildman–Crippen LogP) is 5.86. The molecule has 8 nitrogen and oxygen atoms in total. The fraction of sp³-hybridized carbons (Fsp3) is 0.871. The van der Waals surface area contributed by atoms with E-state index in [1.807, 2.05) is 0 Å². The molecule has 1 unspecified atom stereocenters. The van der Waals surface area contributed by atoms with Crippen molar-refractivity contribution in [3.8, 4) is 0 Å². The second-order valence-electron chi connectivity index (χ2n) is 14.4. The van der Waals surface area contributed by atoms with Gasteiger partial charge in [-0.25, -0.2) is 4.79 Å². The van der Waals surface area contributed by atoms with Gasteiger partial charge < -0.3 is 28.1 Å². The van der Waals surface area contributed by atoms with E-state index in [1.165, 1.54) is 14.2 Å². The fourth-order valence-corrected chi connectivity index (χ4v) is 9.65. The summed E-state index contributed by atoms with van der Waals surface area (Å²) in [7, 11) is 2.20. The topological polar surface area (TPSA) is 89.5 Å². The van der Waals surface area contributed by atoms with Crippen LogP contribution in [0, 0.1) is 34.5 Å². The normalized spacial score (nSPS) is 35.6. The van der Waals surface area contributed by atoms with Crippen molar-refractivity contribution in [3.05, 3.63) is 11.3 Å². The Hall–Kier alpha value is -1.42. The molecule has 0 bridgehead atoms. The van der Waals surface area contributed by atoms with Crippen molar-refractivity contribution >= 4 is 20.3 Å². The van der Waals surface area contributed by atoms with E-state index < -0.39 is 31.4 Å². The van der Waals surface area contributed by atoms with Crippen molar-refractivity contribution in [1.82, 2.24) is 0 Å². The number of methoxy groups -OCH3 is 3. The highest BCUT2D eigenvalue weighted by molar-refractivity contribution is 6.74. The molecule has 0 radical (unpaired) electrons. The highest BCUT2D eigenvalue weighted by Gasteiger charge is 2.67. The SMILES string of the molecule is COC[C@@]12CC[C@H]3[C@H](C)C4(CC[C@]3(C)C1CC(O[Si](C)(C)C(C)(C)C)=C(C(=O)OC)[C@@H]2CC(=O)OC)OCCO4. The molecule has 2 saturated carbocycles. The molecular weight excluding hydrogens is 528 g/mol. The fourth-order valence-electron chi connectivity index (χ4n) is 8.53. The van der Waals surface area contributed by atoms with Crippen LogP contribution in [0.3, 0.4) is 0 Å². The van der Waals surface area contributed by atoms with Gasteiger partial charge >= 0.3 is 11.9 Å². The van der Waals surface area contributed by atoms with E-state index in [0.29, 0.717) is 43.5 Å². The Kier molecular flexibility index (Phi) is 8.67. The molecule has 0 N–H and O–H groups in total. The van der Waals surface area contributed by atoms with Crippen LogP contribution < -0.4 is 0 Å². The van der Waals surface area contributed by atoms with Gasteiger partial charge in [-0.1, -0.05) is 34.6 Å². The van der Waals surface area contributed by atoms with Gasteiger partial charge in [-0.05, 0) is 54.6 Å². The van der Waals surface area contributed by atoms with Crippen LogP contribution in [0.15, 0.2) is 11.3 Å². The molecule has 228 valence electrons. The van der Waals surface area contributed by atoms with E-state index in [1.54, 1.807) is 7.11 Å². The van der Waals surface area contributed by atoms with E-state index in [9.17, 15) is 9.59 Å². The Morgan fingerprint density at radius 1 is 1.02 bits per heavy atom. The predicted molar refractivity (Wildman–Crippen MR) is 154 cm³/mol. The summed E-state index contributed by atoms with van der Waals surface area (Å²) in [4.78, 5) is 26.6. The monoisotopic (exact) mass is 580 g/mol. The number of fused-ring (bicyclic) bond motifs is 3. The molecule has 4 rings (SSSR count). The van der Waals surface area contributed by atoms with Gasteiger partial charge in [0.05, 0.1) is 51.8 Å². The highest BCUT2D eigenvalue weighted by atomic mass is 28.4. The zero-order valence-corrected chi connectivity index (χ0v) is 27.4. The van der Waals surface area contributed by atoms with E-state index in [-0.39, 0.29) is 34.7 Å². The lowest BCUT2D eigenvalue weighted by Crippen LogP contribution is -2.63. The number of ether oxygens (including phenoxy) is 5. The first-order valence-corrected chi connectivity index (χ1v) is 17.9. The van der Waals surface area contributed by atoms with E-state index in [0.717, 1.165) is 25.7 Å². The minimum absolute atomic E-state index is 0.0674. The van der Waals surface area contributed by atoms with Crippen LogP contribution in [0.4, 0.5) is 0 Å². The van der Waals surface area contributed by atoms with E-state index in [2.05, 4.69) is 47.7 Å². The maximum absolute atomic E-state index is 13.6. The van der Waals surface area contributed by atoms with Crippen LogP contribution in [0.1, 0.15) is 73.1 Å². The Morgan fingerprint density at radius 3 is 2.23 bits per heavy atom. The highest BCUT2D eigenvalue weighted by Crippen LogP contribution is 2.69. The van der Waals surface area contributed by atoms with Crippen molar-refractivity contribution in [2.24, 2.45) is 34.5 Å². The van der Waals surface area contributed by atoms with Crippen molar-refractivity contribution in [2.45, 2.75) is 97.1 Å². The number of hydrogen-bond acceptors (Lipinski definition) is 8. The smallest absolute Gasteiger partial charge is 0.337 e. The molecule has 40 heavy (non-hydrogen) atoms. The number of rotatable bonds is 7. The summed E-state index contributed by atoms with van der Waals surface area (Å²) in [5.41, 5.74) is -0.0371. The summed E-state index contributed by atoms with van der Waals surface area (Å²) in [6.45, 7) is 17.4. The number of esters is 2. The molecule has 0 aromatic heterocycles. The summed E-state index contributed by atoms with van der Waals surface area (Å²) in [5.74, 6) is -0.300. The first-order chi connectivity index (χ1) is 18.6. The van der Waals surface area contributed by atoms with Crippen LogP contribution in [0.25, 0.3) is 0 Å². The molecule has 1 spiro atoms. The van der Waals surface area contributed by atoms with Crippen LogP contribution in [-0.4, -0.2) is 67.2 Å². The number of allylic oxidation sites excluding steroid dienone is 1. The van der Waals surface area contributed by atoms with Gasteiger partial charge in [0.25, 0.3) is 0 Å². The van der Waals surface area contributed by atoms with Crippen molar-refractivity contribution in [3.63, 3.8) is 0 Å². The van der Waals surface area contributed by atoms with Gasteiger partial charge in [0.2, 0.25) is 8.32 Å². The van der Waals surface area contributed by atoms with Crippen LogP contribution in [0.2, 0.25) is 18.1 Å². The average Bonchev–Trinajstić information content (AvgIpc) is 3.36. The van der Waals surface area contributed by atoms with Crippen molar-refractivity contribution < 1.29 is 37.7 Å². The van der Waals surface area contributed by atoms with E-state index in [4.69, 9.17) is 28.1 Å². The first kappa shape index (κ1) is 31.5. The number of hydrogen-bond donors (Lipinski definition) is 0. The van der Waals surface area contributed by atoms with E-state index >= 15 is 0 Å². The molecule has 9 heteroatoms. The molecule has 0 amide bonds. The van der Waals surface area contributed by atoms with Gasteiger partial charge in [0.1, 0.15) is 0 Å². The summed E-state index contributed by atoms with van der Waals surface area (Å²) < 4.78 is 36.1. The van der Waals surface area contributed by atoms with Crippen molar-refractivity contribution in [1.29, 1.82) is 0 Å². The summed E-state index contributed by atoms with van der Waals surface area (Å²) in [6, 6.07) is 0. The third-order valence-electron chi connectivity index (χ3n) is 11.7. The van der Waals surface area contributed by atoms with Gasteiger partial charge in [-0.2, -0.15) is 0 Å². The maximum Gasteiger partial charge on any atom is 0.337 e. The molecule has 1 aliphatic heterocycles. The lowest BCUT2D eigenvalue weighted by Gasteiger charge is -2.66. The summed E-state index contributed by atoms with van der Waals surface area (Å²) in [6.07, 6.45) is 4.22. The Bertz CT molecular complexity index is 1010. The van der Waals surface area contributed by atoms with Crippen molar-refractivity contribution in [2.75, 3.05) is 41.2 Å². The van der Waals surface area contributed by atoms with Gasteiger partial charge in [0.15, 0.2) is 5.79 Å². The maximum atomic E-state index is 13.6. The molecule has 1 saturated heterocycles. The summed E-state index contributed by atoms with van der Waals surface area (Å²) in [5, 5.41) is -0.0674. The zero-order chi connectivity index (χ0) is 29.7. The minimum atomic E-state index is -2.33. The molecule has 0 aromatic carbocycles. The quantitative estimate of drug-likeness (QED) is 0.273. The molecule has 1 heterocycles. The first-order valence-electron chi connectivity index (χ1n) is 15.0. The Labute approximate surface area is 241 Å². The third-order valence-corrected chi connectivity index (χ3v) is 16.0. The lowest BCUT2D eigenvalue weighted by molar-refractivity contribution is -0.270. The third kappa shape index (κ3) is 4.96. The molecule has 4 aliphatic rings. The molecular formula is C31H52O8Si. The average molecular weight is 581 g/mol. The number of carbonyl (C=O) groups excluding carboxylic acids is 2. The molecule has 6 atom stereocenters. The van der Waals surface area contributed by atoms with Gasteiger partial charge in [-0.15, -0.1) is 0 Å². The second kappa shape index (κ2) is 11.0. The van der Waals surface area contributed by atoms with Gasteiger partial charge in [-0.3, -0.25) is 4.79 Å². The van der Waals surface area contributed by atoms with Crippen LogP contribution >= 0.6 is 0 Å². The molecule has 3 fully saturated rings. The standard InChI is InChI=1S/C31H52O8Si/c1-20-21-11-12-30(19-34-6)22(17-25(32)35-7)26(27(33)36-8)23(39-40(9,10)28(2,3)4)18-24(30)29(21,5)13-14-31(20)37-15-16-38-31/h20-22,24H,11-19H2,1-10H3/t20-,21-,22-,24?,29-,30+/m0/s1. The largest absolute Gasteiger partial charge is 0.546 e.